The highest BCUT2D eigenvalue weighted by Crippen LogP contribution is 2.36. The topological polar surface area (TPSA) is 125 Å². The lowest BCUT2D eigenvalue weighted by Gasteiger charge is -2.11. The fraction of sp³-hybridized carbons (Fsp3) is 0.130. The molecule has 0 aliphatic heterocycles. The summed E-state index contributed by atoms with van der Waals surface area (Å²) in [5, 5.41) is 26.6. The highest BCUT2D eigenvalue weighted by atomic mass is 35.5. The molecular formula is C23H15Cl2FN4O4. The van der Waals surface area contributed by atoms with Gasteiger partial charge in [-0.25, -0.2) is 9.18 Å². The molecule has 0 fully saturated rings. The molecule has 2 aromatic heterocycles. The Hall–Kier alpha value is -3.87. The molecule has 2 N–H and O–H groups in total. The Bertz CT molecular complexity index is 1470. The zero-order valence-corrected chi connectivity index (χ0v) is 19.3. The molecule has 11 heteroatoms. The lowest BCUT2D eigenvalue weighted by Crippen LogP contribution is -1.98. The molecule has 0 atom stereocenters. The minimum Gasteiger partial charge on any atom is -0.478 e. The Labute approximate surface area is 202 Å². The van der Waals surface area contributed by atoms with Gasteiger partial charge in [0, 0.05) is 16.3 Å². The summed E-state index contributed by atoms with van der Waals surface area (Å²) in [5.74, 6) is -1.74. The number of carbonyl (C=O) groups is 1. The van der Waals surface area contributed by atoms with Gasteiger partial charge in [0.2, 0.25) is 5.89 Å². The van der Waals surface area contributed by atoms with Gasteiger partial charge in [-0.3, -0.25) is 0 Å². The molecule has 4 aromatic rings. The summed E-state index contributed by atoms with van der Waals surface area (Å²) in [7, 11) is 0. The van der Waals surface area contributed by atoms with Crippen LogP contribution in [-0.2, 0) is 6.42 Å². The molecular weight excluding hydrogens is 486 g/mol. The molecule has 4 rings (SSSR count). The number of aromatic amines is 1. The number of H-pyrrole nitrogens is 1. The van der Waals surface area contributed by atoms with E-state index in [2.05, 4.69) is 15.2 Å². The maximum atomic E-state index is 15.3. The summed E-state index contributed by atoms with van der Waals surface area (Å²) in [6, 6.07) is 9.15. The predicted octanol–water partition coefficient (Wildman–Crippen LogP) is 6.08. The van der Waals surface area contributed by atoms with E-state index in [4.69, 9.17) is 37.6 Å². The number of hydrogen-bond donors (Lipinski definition) is 2. The first-order chi connectivity index (χ1) is 16.2. The first-order valence-electron chi connectivity index (χ1n) is 9.78. The van der Waals surface area contributed by atoms with Crippen LogP contribution < -0.4 is 4.74 Å². The van der Waals surface area contributed by atoms with Gasteiger partial charge >= 0.3 is 5.97 Å². The lowest BCUT2D eigenvalue weighted by atomic mass is 10.1. The summed E-state index contributed by atoms with van der Waals surface area (Å²) < 4.78 is 26.5. The number of carboxylic acids is 1. The highest BCUT2D eigenvalue weighted by molar-refractivity contribution is 6.32. The van der Waals surface area contributed by atoms with Crippen LogP contribution in [0.4, 0.5) is 4.39 Å². The third-order valence-corrected chi connectivity index (χ3v) is 5.54. The summed E-state index contributed by atoms with van der Waals surface area (Å²) in [4.78, 5) is 14.4. The van der Waals surface area contributed by atoms with E-state index in [-0.39, 0.29) is 56.4 Å². The number of rotatable bonds is 6. The Balaban J connectivity index is 1.63. The largest absolute Gasteiger partial charge is 0.478 e. The number of benzene rings is 2. The lowest BCUT2D eigenvalue weighted by molar-refractivity contribution is 0.0695. The number of halogens is 3. The first kappa shape index (κ1) is 23.3. The van der Waals surface area contributed by atoms with Crippen LogP contribution in [0.3, 0.4) is 0 Å². The van der Waals surface area contributed by atoms with Crippen molar-refractivity contribution in [2.75, 3.05) is 0 Å². The van der Waals surface area contributed by atoms with Crippen molar-refractivity contribution >= 4 is 29.2 Å². The van der Waals surface area contributed by atoms with Gasteiger partial charge in [0.25, 0.3) is 5.89 Å². The van der Waals surface area contributed by atoms with Crippen LogP contribution >= 0.6 is 23.2 Å². The normalized spacial score (nSPS) is 10.8. The number of aromatic carboxylic acids is 1. The SMILES string of the molecule is Cc1[nH]c(-c2nnc(Cc3ccc(Cl)c(Oc4cc(Cl)cc(C#N)c4)c3F)o2)c(C)c1C(=O)O. The Morgan fingerprint density at radius 2 is 2.03 bits per heavy atom. The van der Waals surface area contributed by atoms with E-state index in [1.165, 1.54) is 30.3 Å². The van der Waals surface area contributed by atoms with Crippen LogP contribution in [0.5, 0.6) is 11.5 Å². The van der Waals surface area contributed by atoms with E-state index in [1.807, 2.05) is 6.07 Å². The van der Waals surface area contributed by atoms with Gasteiger partial charge < -0.3 is 19.2 Å². The van der Waals surface area contributed by atoms with E-state index >= 15 is 4.39 Å². The Morgan fingerprint density at radius 3 is 2.71 bits per heavy atom. The van der Waals surface area contributed by atoms with Gasteiger partial charge in [0.1, 0.15) is 11.4 Å². The predicted molar refractivity (Wildman–Crippen MR) is 121 cm³/mol. The summed E-state index contributed by atoms with van der Waals surface area (Å²) in [6.45, 7) is 3.25. The van der Waals surface area contributed by atoms with Gasteiger partial charge in [-0.2, -0.15) is 5.26 Å². The van der Waals surface area contributed by atoms with Crippen molar-refractivity contribution in [3.63, 3.8) is 0 Å². The third kappa shape index (κ3) is 4.46. The van der Waals surface area contributed by atoms with Crippen molar-refractivity contribution in [3.8, 4) is 29.2 Å². The van der Waals surface area contributed by atoms with Crippen LogP contribution in [0, 0.1) is 31.0 Å². The van der Waals surface area contributed by atoms with Gasteiger partial charge in [0.05, 0.1) is 28.6 Å². The van der Waals surface area contributed by atoms with Crippen molar-refractivity contribution in [2.45, 2.75) is 20.3 Å². The van der Waals surface area contributed by atoms with E-state index < -0.39 is 11.8 Å². The first-order valence-corrected chi connectivity index (χ1v) is 10.5. The molecule has 0 bridgehead atoms. The second-order valence-electron chi connectivity index (χ2n) is 7.35. The van der Waals surface area contributed by atoms with Crippen molar-refractivity contribution in [1.29, 1.82) is 5.26 Å². The number of hydrogen-bond acceptors (Lipinski definition) is 6. The zero-order chi connectivity index (χ0) is 24.6. The monoisotopic (exact) mass is 500 g/mol. The molecule has 34 heavy (non-hydrogen) atoms. The molecule has 0 unspecified atom stereocenters. The molecule has 0 amide bonds. The van der Waals surface area contributed by atoms with E-state index in [1.54, 1.807) is 13.8 Å². The minimum absolute atomic E-state index is 0.0182. The fourth-order valence-corrected chi connectivity index (χ4v) is 3.89. The standard InChI is InChI=1S/C23H15Cl2FN4O4/c1-10-18(23(31)32)11(2)28-20(10)22-30-29-17(34-22)7-13-3-4-16(25)21(19(13)26)33-15-6-12(9-27)5-14(24)8-15/h3-6,8,28H,7H2,1-2H3,(H,31,32). The van der Waals surface area contributed by atoms with E-state index in [9.17, 15) is 9.90 Å². The second kappa shape index (κ2) is 9.17. The maximum absolute atomic E-state index is 15.3. The van der Waals surface area contributed by atoms with E-state index in [0.717, 1.165) is 0 Å². The van der Waals surface area contributed by atoms with Gasteiger partial charge in [-0.15, -0.1) is 10.2 Å². The molecule has 0 saturated heterocycles. The molecule has 0 saturated carbocycles. The Morgan fingerprint density at radius 1 is 1.26 bits per heavy atom. The average Bonchev–Trinajstić information content (AvgIpc) is 3.36. The van der Waals surface area contributed by atoms with Crippen LogP contribution in [-0.4, -0.2) is 26.3 Å². The summed E-state index contributed by atoms with van der Waals surface area (Å²) >= 11 is 12.1. The van der Waals surface area contributed by atoms with Crippen LogP contribution in [0.25, 0.3) is 11.6 Å². The second-order valence-corrected chi connectivity index (χ2v) is 8.19. The molecule has 0 radical (unpaired) electrons. The number of nitrogens with one attached hydrogen (secondary N) is 1. The molecule has 8 nitrogen and oxygen atoms in total. The van der Waals surface area contributed by atoms with Crippen molar-refractivity contribution in [1.82, 2.24) is 15.2 Å². The van der Waals surface area contributed by atoms with Crippen molar-refractivity contribution in [2.24, 2.45) is 0 Å². The zero-order valence-electron chi connectivity index (χ0n) is 17.7. The van der Waals surface area contributed by atoms with Crippen LogP contribution in [0.15, 0.2) is 34.7 Å². The fourth-order valence-electron chi connectivity index (χ4n) is 3.48. The molecule has 2 aromatic carbocycles. The summed E-state index contributed by atoms with van der Waals surface area (Å²) in [5.41, 5.74) is 1.82. The van der Waals surface area contributed by atoms with Gasteiger partial charge in [-0.1, -0.05) is 29.3 Å². The quantitative estimate of drug-likeness (QED) is 0.328. The number of aryl methyl sites for hydroxylation is 1. The van der Waals surface area contributed by atoms with Crippen LogP contribution in [0.1, 0.15) is 38.6 Å². The Kier molecular flexibility index (Phi) is 6.28. The molecule has 2 heterocycles. The smallest absolute Gasteiger partial charge is 0.337 e. The van der Waals surface area contributed by atoms with Crippen LogP contribution in [0.2, 0.25) is 10.0 Å². The molecule has 0 aliphatic rings. The average molecular weight is 501 g/mol. The molecule has 0 aliphatic carbocycles. The minimum atomic E-state index is -1.07. The summed E-state index contributed by atoms with van der Waals surface area (Å²) in [6.07, 6.45) is -0.0735. The number of carboxylic acid groups (broad SMARTS) is 1. The molecule has 172 valence electrons. The number of ether oxygens (including phenoxy) is 1. The maximum Gasteiger partial charge on any atom is 0.337 e. The number of aromatic nitrogens is 3. The van der Waals surface area contributed by atoms with Gasteiger partial charge in [-0.05, 0) is 43.7 Å². The highest BCUT2D eigenvalue weighted by Gasteiger charge is 2.23. The third-order valence-electron chi connectivity index (χ3n) is 5.02. The number of nitriles is 1. The van der Waals surface area contributed by atoms with E-state index in [0.29, 0.717) is 17.0 Å². The van der Waals surface area contributed by atoms with Gasteiger partial charge in [0.15, 0.2) is 11.6 Å². The van der Waals surface area contributed by atoms with Crippen molar-refractivity contribution < 1.29 is 23.4 Å². The molecule has 0 spiro atoms. The number of nitrogens with zero attached hydrogens (tertiary/aromatic N) is 3. The van der Waals surface area contributed by atoms with Crippen molar-refractivity contribution in [3.05, 3.63) is 80.0 Å².